The van der Waals surface area contributed by atoms with Gasteiger partial charge < -0.3 is 0 Å². The van der Waals surface area contributed by atoms with Crippen LogP contribution in [0.25, 0.3) is 0 Å². The van der Waals surface area contributed by atoms with Crippen LogP contribution in [-0.2, 0) is 0 Å². The lowest BCUT2D eigenvalue weighted by molar-refractivity contribution is 0.339. The molecule has 0 aliphatic rings. The molecule has 15 heavy (non-hydrogen) atoms. The SMILES string of the molecule is CCC(C)(C)C/C=C(\C)CC(C)(C)CC. The van der Waals surface area contributed by atoms with Crippen molar-refractivity contribution in [2.24, 2.45) is 10.8 Å². The van der Waals surface area contributed by atoms with Gasteiger partial charge >= 0.3 is 0 Å². The second-order valence-corrected chi connectivity index (χ2v) is 6.47. The molecule has 0 N–H and O–H groups in total. The van der Waals surface area contributed by atoms with Crippen molar-refractivity contribution in [3.8, 4) is 0 Å². The monoisotopic (exact) mass is 210 g/mol. The van der Waals surface area contributed by atoms with E-state index >= 15 is 0 Å². The molecule has 0 aromatic heterocycles. The summed E-state index contributed by atoms with van der Waals surface area (Å²) in [7, 11) is 0. The Kier molecular flexibility index (Phi) is 5.62. The van der Waals surface area contributed by atoms with Crippen LogP contribution < -0.4 is 0 Å². The molecule has 0 fully saturated rings. The van der Waals surface area contributed by atoms with Gasteiger partial charge in [0, 0.05) is 0 Å². The minimum absolute atomic E-state index is 0.469. The summed E-state index contributed by atoms with van der Waals surface area (Å²) in [6, 6.07) is 0. The molecule has 0 unspecified atom stereocenters. The summed E-state index contributed by atoms with van der Waals surface area (Å²) in [6.45, 7) is 16.2. The van der Waals surface area contributed by atoms with Gasteiger partial charge in [0.2, 0.25) is 0 Å². The summed E-state index contributed by atoms with van der Waals surface area (Å²) in [6.07, 6.45) is 7.42. The van der Waals surface area contributed by atoms with E-state index in [0.717, 1.165) is 0 Å². The van der Waals surface area contributed by atoms with E-state index in [-0.39, 0.29) is 0 Å². The zero-order valence-corrected chi connectivity index (χ0v) is 11.9. The van der Waals surface area contributed by atoms with Gasteiger partial charge in [0.1, 0.15) is 0 Å². The van der Waals surface area contributed by atoms with Crippen molar-refractivity contribution in [3.63, 3.8) is 0 Å². The van der Waals surface area contributed by atoms with Crippen molar-refractivity contribution in [3.05, 3.63) is 11.6 Å². The van der Waals surface area contributed by atoms with Crippen molar-refractivity contribution in [1.82, 2.24) is 0 Å². The van der Waals surface area contributed by atoms with E-state index in [0.29, 0.717) is 10.8 Å². The van der Waals surface area contributed by atoms with Gasteiger partial charge in [-0.2, -0.15) is 0 Å². The van der Waals surface area contributed by atoms with Crippen LogP contribution in [0.4, 0.5) is 0 Å². The molecule has 90 valence electrons. The first-order valence-electron chi connectivity index (χ1n) is 6.38. The topological polar surface area (TPSA) is 0 Å². The molecule has 0 heterocycles. The van der Waals surface area contributed by atoms with Gasteiger partial charge in [-0.3, -0.25) is 0 Å². The van der Waals surface area contributed by atoms with Gasteiger partial charge in [-0.1, -0.05) is 66.0 Å². The number of hydrogen-bond acceptors (Lipinski definition) is 0. The second kappa shape index (κ2) is 5.72. The van der Waals surface area contributed by atoms with Crippen LogP contribution in [0.15, 0.2) is 11.6 Å². The Morgan fingerprint density at radius 3 is 1.80 bits per heavy atom. The van der Waals surface area contributed by atoms with Crippen LogP contribution in [0, 0.1) is 10.8 Å². The van der Waals surface area contributed by atoms with Crippen LogP contribution in [0.5, 0.6) is 0 Å². The first kappa shape index (κ1) is 14.7. The predicted molar refractivity (Wildman–Crippen MR) is 71.1 cm³/mol. The lowest BCUT2D eigenvalue weighted by Gasteiger charge is -2.24. The first-order chi connectivity index (χ1) is 6.72. The highest BCUT2D eigenvalue weighted by molar-refractivity contribution is 5.02. The molecule has 0 aromatic rings. The molecular weight excluding hydrogens is 180 g/mol. The highest BCUT2D eigenvalue weighted by Gasteiger charge is 2.17. The molecule has 0 spiro atoms. The Labute approximate surface area is 97.2 Å². The third-order valence-electron chi connectivity index (χ3n) is 3.67. The maximum Gasteiger partial charge on any atom is -0.0272 e. The van der Waals surface area contributed by atoms with Gasteiger partial charge in [-0.05, 0) is 30.6 Å². The highest BCUT2D eigenvalue weighted by Crippen LogP contribution is 2.31. The molecule has 0 aliphatic carbocycles. The molecule has 0 nitrogen and oxygen atoms in total. The molecule has 0 aromatic carbocycles. The maximum atomic E-state index is 2.45. The summed E-state index contributed by atoms with van der Waals surface area (Å²) in [5.74, 6) is 0. The van der Waals surface area contributed by atoms with E-state index in [1.165, 1.54) is 25.7 Å². The Hall–Kier alpha value is -0.260. The summed E-state index contributed by atoms with van der Waals surface area (Å²) in [5, 5.41) is 0. The van der Waals surface area contributed by atoms with Crippen molar-refractivity contribution in [2.45, 2.75) is 74.1 Å². The molecule has 0 radical (unpaired) electrons. The Morgan fingerprint density at radius 1 is 0.933 bits per heavy atom. The zero-order chi connectivity index (χ0) is 12.1. The van der Waals surface area contributed by atoms with Gasteiger partial charge in [0.15, 0.2) is 0 Å². The Morgan fingerprint density at radius 2 is 1.40 bits per heavy atom. The summed E-state index contributed by atoms with van der Waals surface area (Å²) in [5.41, 5.74) is 2.50. The van der Waals surface area contributed by atoms with Crippen LogP contribution in [-0.4, -0.2) is 0 Å². The van der Waals surface area contributed by atoms with Crippen LogP contribution in [0.3, 0.4) is 0 Å². The smallest absolute Gasteiger partial charge is 0.0272 e. The first-order valence-corrected chi connectivity index (χ1v) is 6.38. The van der Waals surface area contributed by atoms with Crippen molar-refractivity contribution in [1.29, 1.82) is 0 Å². The molecule has 0 saturated carbocycles. The van der Waals surface area contributed by atoms with Gasteiger partial charge in [-0.25, -0.2) is 0 Å². The average Bonchev–Trinajstić information content (AvgIpc) is 2.15. The lowest BCUT2D eigenvalue weighted by atomic mass is 9.81. The quantitative estimate of drug-likeness (QED) is 0.502. The van der Waals surface area contributed by atoms with Crippen LogP contribution >= 0.6 is 0 Å². The molecule has 0 amide bonds. The largest absolute Gasteiger partial charge is 0.0851 e. The summed E-state index contributed by atoms with van der Waals surface area (Å²) in [4.78, 5) is 0. The molecule has 0 heteroatoms. The molecule has 0 bridgehead atoms. The fourth-order valence-corrected chi connectivity index (χ4v) is 1.55. The number of allylic oxidation sites excluding steroid dienone is 2. The van der Waals surface area contributed by atoms with Gasteiger partial charge in [0.25, 0.3) is 0 Å². The van der Waals surface area contributed by atoms with E-state index in [2.05, 4.69) is 54.5 Å². The van der Waals surface area contributed by atoms with Crippen molar-refractivity contribution < 1.29 is 0 Å². The minimum Gasteiger partial charge on any atom is -0.0851 e. The molecular formula is C15H30. The highest BCUT2D eigenvalue weighted by atomic mass is 14.2. The third-order valence-corrected chi connectivity index (χ3v) is 3.67. The second-order valence-electron chi connectivity index (χ2n) is 6.47. The lowest BCUT2D eigenvalue weighted by Crippen LogP contribution is -2.11. The van der Waals surface area contributed by atoms with Crippen molar-refractivity contribution >= 4 is 0 Å². The minimum atomic E-state index is 0.469. The fourth-order valence-electron chi connectivity index (χ4n) is 1.55. The van der Waals surface area contributed by atoms with E-state index < -0.39 is 0 Å². The number of rotatable bonds is 6. The van der Waals surface area contributed by atoms with E-state index in [9.17, 15) is 0 Å². The van der Waals surface area contributed by atoms with E-state index in [1.54, 1.807) is 5.57 Å². The zero-order valence-electron chi connectivity index (χ0n) is 11.9. The molecule has 0 aliphatic heterocycles. The van der Waals surface area contributed by atoms with Crippen LogP contribution in [0.2, 0.25) is 0 Å². The van der Waals surface area contributed by atoms with Crippen molar-refractivity contribution in [2.75, 3.05) is 0 Å². The van der Waals surface area contributed by atoms with Gasteiger partial charge in [-0.15, -0.1) is 0 Å². The van der Waals surface area contributed by atoms with E-state index in [1.807, 2.05) is 0 Å². The third kappa shape index (κ3) is 6.76. The predicted octanol–water partition coefficient (Wildman–Crippen LogP) is 5.59. The standard InChI is InChI=1S/C15H30/c1-8-14(4,5)11-10-13(3)12-15(6,7)9-2/h10H,8-9,11-12H2,1-7H3/b13-10+. The van der Waals surface area contributed by atoms with Crippen LogP contribution in [0.1, 0.15) is 74.1 Å². The number of hydrogen-bond donors (Lipinski definition) is 0. The Bertz CT molecular complexity index is 206. The van der Waals surface area contributed by atoms with E-state index in [4.69, 9.17) is 0 Å². The fraction of sp³-hybridized carbons (Fsp3) is 0.867. The molecule has 0 saturated heterocycles. The van der Waals surface area contributed by atoms with Gasteiger partial charge in [0.05, 0.1) is 0 Å². The summed E-state index contributed by atoms with van der Waals surface area (Å²) >= 11 is 0. The molecule has 0 rings (SSSR count). The molecule has 0 atom stereocenters. The Balaban J connectivity index is 4.22. The maximum absolute atomic E-state index is 2.45. The normalized spacial score (nSPS) is 14.5. The summed E-state index contributed by atoms with van der Waals surface area (Å²) < 4.78 is 0. The average molecular weight is 210 g/mol.